The van der Waals surface area contributed by atoms with Gasteiger partial charge in [-0.2, -0.15) is 0 Å². The molecule has 21 heavy (non-hydrogen) atoms. The number of aryl methyl sites for hydroxylation is 2. The predicted molar refractivity (Wildman–Crippen MR) is 88.8 cm³/mol. The van der Waals surface area contributed by atoms with Crippen molar-refractivity contribution in [3.63, 3.8) is 0 Å². The molecule has 0 saturated carbocycles. The molecule has 0 unspecified atom stereocenters. The normalized spacial score (nSPS) is 10.8. The van der Waals surface area contributed by atoms with Crippen molar-refractivity contribution in [3.8, 4) is 0 Å². The summed E-state index contributed by atoms with van der Waals surface area (Å²) in [4.78, 5) is 16.9. The third-order valence-electron chi connectivity index (χ3n) is 3.56. The summed E-state index contributed by atoms with van der Waals surface area (Å²) in [6.45, 7) is 4.00. The second-order valence-electron chi connectivity index (χ2n) is 5.16. The Bertz CT molecular complexity index is 832. The molecule has 0 aliphatic carbocycles. The van der Waals surface area contributed by atoms with E-state index in [-0.39, 0.29) is 5.78 Å². The van der Waals surface area contributed by atoms with Crippen LogP contribution in [0, 0.1) is 13.8 Å². The minimum Gasteiger partial charge on any atom is -0.289 e. The van der Waals surface area contributed by atoms with Crippen molar-refractivity contribution >= 4 is 32.6 Å². The lowest BCUT2D eigenvalue weighted by atomic mass is 9.98. The number of halogens is 1. The van der Waals surface area contributed by atoms with Crippen LogP contribution in [0.4, 0.5) is 0 Å². The summed E-state index contributed by atoms with van der Waals surface area (Å²) in [5.41, 5.74) is 4.45. The Hall–Kier alpha value is -2.00. The number of carbonyl (C=O) groups is 1. The number of rotatable bonds is 2. The van der Waals surface area contributed by atoms with Crippen molar-refractivity contribution < 1.29 is 4.79 Å². The summed E-state index contributed by atoms with van der Waals surface area (Å²) in [6, 6.07) is 13.3. The lowest BCUT2D eigenvalue weighted by Crippen LogP contribution is -2.03. The molecule has 0 N–H and O–H groups in total. The quantitative estimate of drug-likeness (QED) is 0.625. The molecular weight excluding hydrogens is 326 g/mol. The molecule has 104 valence electrons. The Kier molecular flexibility index (Phi) is 3.60. The standard InChI is InChI=1S/C18H14BrNO/c1-11-8-15(9-12(2)17(11)19)18(21)14-5-6-16-13(10-14)4-3-7-20-16/h3-10H,1-2H3. The second-order valence-corrected chi connectivity index (χ2v) is 5.96. The van der Waals surface area contributed by atoms with Gasteiger partial charge in [0, 0.05) is 27.2 Å². The molecule has 3 aromatic rings. The summed E-state index contributed by atoms with van der Waals surface area (Å²) in [6.07, 6.45) is 1.76. The van der Waals surface area contributed by atoms with Gasteiger partial charge >= 0.3 is 0 Å². The van der Waals surface area contributed by atoms with Gasteiger partial charge in [-0.15, -0.1) is 0 Å². The van der Waals surface area contributed by atoms with E-state index in [1.165, 1.54) is 0 Å². The lowest BCUT2D eigenvalue weighted by Gasteiger charge is -2.08. The zero-order valence-electron chi connectivity index (χ0n) is 11.9. The summed E-state index contributed by atoms with van der Waals surface area (Å²) < 4.78 is 1.06. The van der Waals surface area contributed by atoms with Crippen LogP contribution in [0.25, 0.3) is 10.9 Å². The van der Waals surface area contributed by atoms with Crippen LogP contribution < -0.4 is 0 Å². The highest BCUT2D eigenvalue weighted by Crippen LogP contribution is 2.24. The summed E-state index contributed by atoms with van der Waals surface area (Å²) >= 11 is 3.53. The van der Waals surface area contributed by atoms with Crippen LogP contribution in [0.2, 0.25) is 0 Å². The molecule has 0 atom stereocenters. The summed E-state index contributed by atoms with van der Waals surface area (Å²) in [7, 11) is 0. The van der Waals surface area contributed by atoms with Gasteiger partial charge in [0.1, 0.15) is 0 Å². The van der Waals surface area contributed by atoms with E-state index in [2.05, 4.69) is 20.9 Å². The summed E-state index contributed by atoms with van der Waals surface area (Å²) in [5.74, 6) is 0.0412. The fraction of sp³-hybridized carbons (Fsp3) is 0.111. The maximum Gasteiger partial charge on any atom is 0.193 e. The SMILES string of the molecule is Cc1cc(C(=O)c2ccc3ncccc3c2)cc(C)c1Br. The van der Waals surface area contributed by atoms with Crippen LogP contribution >= 0.6 is 15.9 Å². The van der Waals surface area contributed by atoms with Gasteiger partial charge in [-0.3, -0.25) is 9.78 Å². The van der Waals surface area contributed by atoms with Crippen LogP contribution in [-0.2, 0) is 0 Å². The van der Waals surface area contributed by atoms with Crippen molar-refractivity contribution in [1.82, 2.24) is 4.98 Å². The highest BCUT2D eigenvalue weighted by atomic mass is 79.9. The molecule has 1 heterocycles. The highest BCUT2D eigenvalue weighted by Gasteiger charge is 2.12. The zero-order valence-corrected chi connectivity index (χ0v) is 13.4. The van der Waals surface area contributed by atoms with E-state index >= 15 is 0 Å². The number of carbonyl (C=O) groups excluding carboxylic acids is 1. The molecule has 0 aliphatic heterocycles. The topological polar surface area (TPSA) is 30.0 Å². The van der Waals surface area contributed by atoms with E-state index in [1.54, 1.807) is 6.20 Å². The van der Waals surface area contributed by atoms with Crippen molar-refractivity contribution in [2.75, 3.05) is 0 Å². The first kappa shape index (κ1) is 14.0. The summed E-state index contributed by atoms with van der Waals surface area (Å²) in [5, 5.41) is 0.980. The predicted octanol–water partition coefficient (Wildman–Crippen LogP) is 4.85. The number of aromatic nitrogens is 1. The van der Waals surface area contributed by atoms with E-state index < -0.39 is 0 Å². The van der Waals surface area contributed by atoms with E-state index in [1.807, 2.05) is 56.3 Å². The van der Waals surface area contributed by atoms with Gasteiger partial charge in [-0.1, -0.05) is 22.0 Å². The van der Waals surface area contributed by atoms with Crippen LogP contribution in [-0.4, -0.2) is 10.8 Å². The van der Waals surface area contributed by atoms with Gasteiger partial charge in [-0.05, 0) is 61.4 Å². The van der Waals surface area contributed by atoms with Crippen LogP contribution in [0.5, 0.6) is 0 Å². The minimum absolute atomic E-state index is 0.0412. The smallest absolute Gasteiger partial charge is 0.193 e. The Labute approximate surface area is 132 Å². The molecule has 0 fully saturated rings. The maximum atomic E-state index is 12.7. The number of hydrogen-bond acceptors (Lipinski definition) is 2. The van der Waals surface area contributed by atoms with E-state index in [0.29, 0.717) is 5.56 Å². The lowest BCUT2D eigenvalue weighted by molar-refractivity contribution is 0.103. The Morgan fingerprint density at radius 1 is 1.00 bits per heavy atom. The van der Waals surface area contributed by atoms with Crippen molar-refractivity contribution in [2.24, 2.45) is 0 Å². The zero-order chi connectivity index (χ0) is 15.0. The van der Waals surface area contributed by atoms with Crippen LogP contribution in [0.15, 0.2) is 53.1 Å². The number of pyridine rings is 1. The number of ketones is 1. The Morgan fingerprint density at radius 3 is 2.43 bits per heavy atom. The maximum absolute atomic E-state index is 12.7. The van der Waals surface area contributed by atoms with Crippen molar-refractivity contribution in [3.05, 3.63) is 75.4 Å². The second kappa shape index (κ2) is 5.41. The first-order valence-electron chi connectivity index (χ1n) is 6.72. The molecule has 0 saturated heterocycles. The molecular formula is C18H14BrNO. The molecule has 0 bridgehead atoms. The Balaban J connectivity index is 2.08. The molecule has 0 spiro atoms. The molecule has 3 heteroatoms. The van der Waals surface area contributed by atoms with Gasteiger partial charge in [0.05, 0.1) is 5.52 Å². The third-order valence-corrected chi connectivity index (χ3v) is 4.81. The van der Waals surface area contributed by atoms with E-state index in [4.69, 9.17) is 0 Å². The minimum atomic E-state index is 0.0412. The highest BCUT2D eigenvalue weighted by molar-refractivity contribution is 9.10. The molecule has 2 aromatic carbocycles. The van der Waals surface area contributed by atoms with E-state index in [0.717, 1.165) is 32.1 Å². The number of nitrogens with zero attached hydrogens (tertiary/aromatic N) is 1. The van der Waals surface area contributed by atoms with Gasteiger partial charge in [-0.25, -0.2) is 0 Å². The fourth-order valence-electron chi connectivity index (χ4n) is 2.46. The van der Waals surface area contributed by atoms with E-state index in [9.17, 15) is 4.79 Å². The average Bonchev–Trinajstić information content (AvgIpc) is 2.51. The van der Waals surface area contributed by atoms with Crippen molar-refractivity contribution in [2.45, 2.75) is 13.8 Å². The number of hydrogen-bond donors (Lipinski definition) is 0. The van der Waals surface area contributed by atoms with Crippen LogP contribution in [0.1, 0.15) is 27.0 Å². The number of benzene rings is 2. The van der Waals surface area contributed by atoms with Gasteiger partial charge in [0.15, 0.2) is 5.78 Å². The van der Waals surface area contributed by atoms with Gasteiger partial charge in [0.25, 0.3) is 0 Å². The Morgan fingerprint density at radius 2 is 1.71 bits per heavy atom. The first-order chi connectivity index (χ1) is 10.1. The largest absolute Gasteiger partial charge is 0.289 e. The van der Waals surface area contributed by atoms with Gasteiger partial charge < -0.3 is 0 Å². The molecule has 2 nitrogen and oxygen atoms in total. The molecule has 0 radical (unpaired) electrons. The monoisotopic (exact) mass is 339 g/mol. The number of fused-ring (bicyclic) bond motifs is 1. The molecule has 3 rings (SSSR count). The molecule has 0 amide bonds. The third kappa shape index (κ3) is 2.61. The van der Waals surface area contributed by atoms with Crippen LogP contribution in [0.3, 0.4) is 0 Å². The fourth-order valence-corrected chi connectivity index (χ4v) is 2.69. The molecule has 0 aliphatic rings. The molecule has 1 aromatic heterocycles. The van der Waals surface area contributed by atoms with Crippen molar-refractivity contribution in [1.29, 1.82) is 0 Å². The average molecular weight is 340 g/mol. The van der Waals surface area contributed by atoms with Gasteiger partial charge in [0.2, 0.25) is 0 Å². The first-order valence-corrected chi connectivity index (χ1v) is 7.52.